The molecule has 2 aliphatic rings. The standard InChI is InChI=1S/C27H26N2O6/c28-12-4-2-1-3-5-25(32)29-16-6-9-19(22(13-16)27(33)34)26-20-10-7-17(30)14-23(20)35-24-15-18(31)8-11-21(24)26/h6-11,13-15,30H,1-5,12,28H2,(H,29,32)(H,33,34)/p-1. The van der Waals surface area contributed by atoms with Gasteiger partial charge < -0.3 is 25.7 Å². The molecule has 0 unspecified atom stereocenters. The number of carboxylic acids is 1. The first kappa shape index (κ1) is 24.0. The van der Waals surface area contributed by atoms with Crippen LogP contribution in [0.2, 0.25) is 0 Å². The minimum absolute atomic E-state index is 0.0306. The van der Waals surface area contributed by atoms with Crippen molar-refractivity contribution in [2.24, 2.45) is 5.73 Å². The fourth-order valence-electron chi connectivity index (χ4n) is 4.16. The van der Waals surface area contributed by atoms with Gasteiger partial charge in [0.25, 0.3) is 0 Å². The summed E-state index contributed by atoms with van der Waals surface area (Å²) >= 11 is 0. The number of carbonyl (C=O) groups is 2. The number of carbonyl (C=O) groups excluding carboxylic acids is 1. The molecule has 0 saturated carbocycles. The summed E-state index contributed by atoms with van der Waals surface area (Å²) in [4.78, 5) is 36.5. The van der Waals surface area contributed by atoms with Crippen molar-refractivity contribution in [1.29, 1.82) is 0 Å². The molecule has 0 saturated heterocycles. The first-order valence-corrected chi connectivity index (χ1v) is 11.4. The van der Waals surface area contributed by atoms with Crippen LogP contribution in [0.15, 0.2) is 63.8 Å². The number of hydrogen-bond donors (Lipinski definition) is 3. The average molecular weight is 474 g/mol. The normalized spacial score (nSPS) is 11.1. The second kappa shape index (κ2) is 10.4. The van der Waals surface area contributed by atoms with Gasteiger partial charge in [-0.05, 0) is 55.3 Å². The number of amides is 1. The topological polar surface area (TPSA) is 146 Å². The molecule has 1 aliphatic heterocycles. The molecule has 4 N–H and O–H groups in total. The van der Waals surface area contributed by atoms with Crippen molar-refractivity contribution in [3.8, 4) is 28.2 Å². The van der Waals surface area contributed by atoms with Crippen LogP contribution in [0.3, 0.4) is 0 Å². The summed E-state index contributed by atoms with van der Waals surface area (Å²) in [5.74, 6) is -1.40. The number of nitrogens with one attached hydrogen (secondary N) is 1. The molecule has 1 heterocycles. The van der Waals surface area contributed by atoms with Crippen LogP contribution in [0.25, 0.3) is 33.4 Å². The van der Waals surface area contributed by atoms with Gasteiger partial charge in [-0.1, -0.05) is 31.0 Å². The highest BCUT2D eigenvalue weighted by atomic mass is 16.4. The summed E-state index contributed by atoms with van der Waals surface area (Å²) in [6.07, 6.45) is 3.85. The highest BCUT2D eigenvalue weighted by Gasteiger charge is 2.22. The van der Waals surface area contributed by atoms with E-state index in [-0.39, 0.29) is 34.0 Å². The van der Waals surface area contributed by atoms with Crippen LogP contribution in [-0.4, -0.2) is 23.5 Å². The van der Waals surface area contributed by atoms with Gasteiger partial charge in [-0.3, -0.25) is 9.59 Å². The molecule has 0 fully saturated rings. The largest absolute Gasteiger partial charge is 0.872 e. The van der Waals surface area contributed by atoms with Gasteiger partial charge in [0.1, 0.15) is 11.3 Å². The maximum atomic E-state index is 12.3. The van der Waals surface area contributed by atoms with Crippen LogP contribution in [0.4, 0.5) is 5.69 Å². The molecular formula is C27H25N2O6-. The third-order valence-electron chi connectivity index (χ3n) is 5.83. The first-order valence-electron chi connectivity index (χ1n) is 11.4. The zero-order valence-corrected chi connectivity index (χ0v) is 19.0. The molecule has 1 aliphatic carbocycles. The molecule has 180 valence electrons. The molecule has 0 spiro atoms. The lowest BCUT2D eigenvalue weighted by atomic mass is 9.90. The molecule has 0 atom stereocenters. The van der Waals surface area contributed by atoms with Gasteiger partial charge in [0.15, 0.2) is 5.43 Å². The number of aromatic carboxylic acids is 1. The van der Waals surface area contributed by atoms with E-state index in [4.69, 9.17) is 10.2 Å². The van der Waals surface area contributed by atoms with E-state index in [9.17, 15) is 24.6 Å². The molecule has 0 radical (unpaired) electrons. The zero-order valence-electron chi connectivity index (χ0n) is 19.0. The highest BCUT2D eigenvalue weighted by Crippen LogP contribution is 2.42. The second-order valence-electron chi connectivity index (χ2n) is 8.36. The molecule has 2 aromatic rings. The van der Waals surface area contributed by atoms with Crippen LogP contribution in [0.1, 0.15) is 42.5 Å². The summed E-state index contributed by atoms with van der Waals surface area (Å²) < 4.78 is 5.80. The summed E-state index contributed by atoms with van der Waals surface area (Å²) in [5, 5.41) is 25.2. The molecule has 8 heteroatoms. The Morgan fingerprint density at radius 2 is 1.71 bits per heavy atom. The molecule has 0 aromatic heterocycles. The number of fused-ring (bicyclic) bond motifs is 2. The second-order valence-corrected chi connectivity index (χ2v) is 8.36. The summed E-state index contributed by atoms with van der Waals surface area (Å²) in [6, 6.07) is 13.2. The van der Waals surface area contributed by atoms with Gasteiger partial charge in [0.2, 0.25) is 5.91 Å². The van der Waals surface area contributed by atoms with E-state index in [0.29, 0.717) is 40.7 Å². The average Bonchev–Trinajstić information content (AvgIpc) is 2.82. The molecule has 2 aromatic carbocycles. The Bertz CT molecular complexity index is 1430. The molecule has 1 amide bonds. The van der Waals surface area contributed by atoms with Gasteiger partial charge in [0, 0.05) is 34.7 Å². The van der Waals surface area contributed by atoms with E-state index < -0.39 is 5.97 Å². The van der Waals surface area contributed by atoms with Crippen LogP contribution >= 0.6 is 0 Å². The maximum absolute atomic E-state index is 12.3. The number of hydrogen-bond acceptors (Lipinski definition) is 6. The van der Waals surface area contributed by atoms with Crippen LogP contribution in [0, 0.1) is 0 Å². The lowest BCUT2D eigenvalue weighted by Crippen LogP contribution is -2.12. The van der Waals surface area contributed by atoms with Crippen molar-refractivity contribution in [2.45, 2.75) is 32.1 Å². The fraction of sp³-hybridized carbons (Fsp3) is 0.222. The van der Waals surface area contributed by atoms with Crippen LogP contribution < -0.4 is 21.6 Å². The molecule has 4 rings (SSSR count). The maximum Gasteiger partial charge on any atom is 0.336 e. The number of benzene rings is 3. The van der Waals surface area contributed by atoms with Gasteiger partial charge in [-0.2, -0.15) is 0 Å². The van der Waals surface area contributed by atoms with Crippen LogP contribution in [-0.2, 0) is 4.79 Å². The highest BCUT2D eigenvalue weighted by molar-refractivity contribution is 6.08. The van der Waals surface area contributed by atoms with E-state index in [0.717, 1.165) is 25.7 Å². The van der Waals surface area contributed by atoms with Crippen LogP contribution in [0.5, 0.6) is 5.75 Å². The summed E-state index contributed by atoms with van der Waals surface area (Å²) in [5.41, 5.74) is 7.23. The van der Waals surface area contributed by atoms with E-state index in [2.05, 4.69) is 5.32 Å². The Hall–Kier alpha value is -4.17. The van der Waals surface area contributed by atoms with E-state index >= 15 is 0 Å². The predicted octanol–water partition coefficient (Wildman–Crippen LogP) is 4.18. The first-order chi connectivity index (χ1) is 16.9. The molecule has 35 heavy (non-hydrogen) atoms. The number of carboxylic acid groups (broad SMARTS) is 1. The third kappa shape index (κ3) is 5.33. The lowest BCUT2D eigenvalue weighted by molar-refractivity contribution is -0.268. The SMILES string of the molecule is NCCCCCCC(=O)Nc1ccc(-c2c3ccc(=O)cc-3oc3cc([O-])ccc23)c(C(=O)O)c1. The molecular weight excluding hydrogens is 448 g/mol. The zero-order chi connectivity index (χ0) is 24.9. The fourth-order valence-corrected chi connectivity index (χ4v) is 4.16. The van der Waals surface area contributed by atoms with Crippen molar-refractivity contribution in [3.05, 3.63) is 70.4 Å². The smallest absolute Gasteiger partial charge is 0.336 e. The van der Waals surface area contributed by atoms with Crippen molar-refractivity contribution in [1.82, 2.24) is 0 Å². The number of rotatable bonds is 9. The van der Waals surface area contributed by atoms with Crippen molar-refractivity contribution in [3.63, 3.8) is 0 Å². The Morgan fingerprint density at radius 3 is 2.49 bits per heavy atom. The molecule has 8 nitrogen and oxygen atoms in total. The Labute approximate surface area is 201 Å². The lowest BCUT2D eigenvalue weighted by Gasteiger charge is -2.18. The quantitative estimate of drug-likeness (QED) is 0.244. The predicted molar refractivity (Wildman–Crippen MR) is 132 cm³/mol. The number of nitrogens with two attached hydrogens (primary N) is 1. The van der Waals surface area contributed by atoms with Crippen molar-refractivity contribution >= 4 is 28.5 Å². The van der Waals surface area contributed by atoms with E-state index in [1.807, 2.05) is 0 Å². The van der Waals surface area contributed by atoms with Gasteiger partial charge in [-0.15, -0.1) is 5.75 Å². The van der Waals surface area contributed by atoms with Crippen molar-refractivity contribution in [2.75, 3.05) is 11.9 Å². The number of unbranched alkanes of at least 4 members (excludes halogenated alkanes) is 3. The van der Waals surface area contributed by atoms with Gasteiger partial charge in [-0.25, -0.2) is 4.79 Å². The van der Waals surface area contributed by atoms with E-state index in [1.54, 1.807) is 24.3 Å². The Balaban J connectivity index is 1.74. The summed E-state index contributed by atoms with van der Waals surface area (Å²) in [6.45, 7) is 0.632. The Morgan fingerprint density at radius 1 is 0.943 bits per heavy atom. The van der Waals surface area contributed by atoms with E-state index in [1.165, 1.54) is 30.3 Å². The summed E-state index contributed by atoms with van der Waals surface area (Å²) in [7, 11) is 0. The van der Waals surface area contributed by atoms with Crippen molar-refractivity contribution < 1.29 is 24.2 Å². The van der Waals surface area contributed by atoms with Gasteiger partial charge >= 0.3 is 5.97 Å². The number of anilines is 1. The monoisotopic (exact) mass is 473 g/mol. The molecule has 0 bridgehead atoms. The van der Waals surface area contributed by atoms with Gasteiger partial charge in [0.05, 0.1) is 5.56 Å². The Kier molecular flexibility index (Phi) is 7.12. The third-order valence-corrected chi connectivity index (χ3v) is 5.83. The minimum atomic E-state index is -1.18. The minimum Gasteiger partial charge on any atom is -0.872 e.